The van der Waals surface area contributed by atoms with Gasteiger partial charge in [-0.1, -0.05) is 41.6 Å². The Morgan fingerprint density at radius 3 is 2.17 bits per heavy atom. The zero-order valence-electron chi connectivity index (χ0n) is 10.4. The molecular formula is C14H19BrN2O. The quantitative estimate of drug-likeness (QED) is 0.840. The molecule has 0 saturated heterocycles. The van der Waals surface area contributed by atoms with Crippen molar-refractivity contribution in [1.82, 2.24) is 0 Å². The number of amides is 1. The number of halogens is 1. The number of hydrogen-bond acceptors (Lipinski definition) is 2. The molecule has 1 aliphatic rings. The highest BCUT2D eigenvalue weighted by Gasteiger charge is 2.36. The van der Waals surface area contributed by atoms with E-state index in [0.29, 0.717) is 0 Å². The third-order valence-electron chi connectivity index (χ3n) is 3.66. The predicted molar refractivity (Wildman–Crippen MR) is 77.4 cm³/mol. The molecule has 1 aliphatic carbocycles. The van der Waals surface area contributed by atoms with Crippen LogP contribution in [0.4, 0.5) is 5.69 Å². The van der Waals surface area contributed by atoms with Crippen LogP contribution in [0.3, 0.4) is 0 Å². The van der Waals surface area contributed by atoms with Crippen LogP contribution in [0.2, 0.25) is 0 Å². The number of carbonyl (C=O) groups is 1. The van der Waals surface area contributed by atoms with Gasteiger partial charge in [0.15, 0.2) is 0 Å². The third-order valence-corrected chi connectivity index (χ3v) is 4.19. The van der Waals surface area contributed by atoms with Gasteiger partial charge >= 0.3 is 0 Å². The lowest BCUT2D eigenvalue weighted by Gasteiger charge is -2.31. The van der Waals surface area contributed by atoms with E-state index in [1.807, 2.05) is 24.3 Å². The molecule has 1 saturated carbocycles. The van der Waals surface area contributed by atoms with E-state index in [1.54, 1.807) is 0 Å². The number of anilines is 1. The molecule has 3 N–H and O–H groups in total. The molecule has 0 radical (unpaired) electrons. The first-order valence-corrected chi connectivity index (χ1v) is 7.25. The van der Waals surface area contributed by atoms with Crippen molar-refractivity contribution in [3.8, 4) is 0 Å². The molecule has 1 aromatic carbocycles. The summed E-state index contributed by atoms with van der Waals surface area (Å²) in [6, 6.07) is 7.88. The number of rotatable bonds is 3. The van der Waals surface area contributed by atoms with Crippen LogP contribution in [-0.4, -0.2) is 11.4 Å². The second kappa shape index (κ2) is 5.74. The average Bonchev–Trinajstić information content (AvgIpc) is 2.59. The van der Waals surface area contributed by atoms with Crippen LogP contribution in [0.1, 0.15) is 38.5 Å². The monoisotopic (exact) mass is 310 g/mol. The summed E-state index contributed by atoms with van der Waals surface area (Å²) in [5.74, 6) is -0.229. The van der Waals surface area contributed by atoms with Gasteiger partial charge in [0.2, 0.25) is 5.91 Å². The van der Waals surface area contributed by atoms with Gasteiger partial charge in [-0.2, -0.15) is 0 Å². The lowest BCUT2D eigenvalue weighted by molar-refractivity contribution is -0.122. The summed E-state index contributed by atoms with van der Waals surface area (Å²) in [7, 11) is 0. The zero-order valence-corrected chi connectivity index (χ0v) is 12.0. The summed E-state index contributed by atoms with van der Waals surface area (Å²) in [4.78, 5) is 11.9. The maximum Gasteiger partial charge on any atom is 0.243 e. The van der Waals surface area contributed by atoms with Gasteiger partial charge in [0.1, 0.15) is 5.54 Å². The van der Waals surface area contributed by atoms with E-state index in [2.05, 4.69) is 21.2 Å². The van der Waals surface area contributed by atoms with Gasteiger partial charge in [-0.15, -0.1) is 0 Å². The highest BCUT2D eigenvalue weighted by molar-refractivity contribution is 9.10. The minimum atomic E-state index is -0.565. The van der Waals surface area contributed by atoms with E-state index in [9.17, 15) is 4.79 Å². The van der Waals surface area contributed by atoms with Crippen molar-refractivity contribution in [1.29, 1.82) is 0 Å². The summed E-state index contributed by atoms with van der Waals surface area (Å²) in [6.07, 6.45) is 6.17. The van der Waals surface area contributed by atoms with Crippen LogP contribution in [0, 0.1) is 0 Å². The van der Waals surface area contributed by atoms with Crippen LogP contribution >= 0.6 is 15.9 Å². The first kappa shape index (κ1) is 13.4. The van der Waals surface area contributed by atoms with Gasteiger partial charge in [0.05, 0.1) is 0 Å². The Morgan fingerprint density at radius 2 is 1.67 bits per heavy atom. The molecule has 0 unspecified atom stereocenters. The Kier molecular flexibility index (Phi) is 4.27. The number of benzene rings is 1. The average molecular weight is 311 g/mol. The second-order valence-electron chi connectivity index (χ2n) is 4.99. The standard InChI is InChI=1S/C14H19BrN2O/c15-11-5-7-12(8-6-11)17-14(13(16)18)9-3-1-2-4-10-14/h5-8,17H,1-4,9-10H2,(H2,16,18). The van der Waals surface area contributed by atoms with E-state index in [0.717, 1.165) is 35.8 Å². The molecule has 0 bridgehead atoms. The number of nitrogens with one attached hydrogen (secondary N) is 1. The van der Waals surface area contributed by atoms with Crippen molar-refractivity contribution in [3.05, 3.63) is 28.7 Å². The molecule has 4 heteroatoms. The number of hydrogen-bond donors (Lipinski definition) is 2. The van der Waals surface area contributed by atoms with Crippen molar-refractivity contribution in [2.75, 3.05) is 5.32 Å². The van der Waals surface area contributed by atoms with Crippen LogP contribution in [-0.2, 0) is 4.79 Å². The maximum absolute atomic E-state index is 11.9. The van der Waals surface area contributed by atoms with Crippen molar-refractivity contribution in [3.63, 3.8) is 0 Å². The van der Waals surface area contributed by atoms with Gasteiger partial charge in [0, 0.05) is 10.2 Å². The topological polar surface area (TPSA) is 55.1 Å². The van der Waals surface area contributed by atoms with Gasteiger partial charge in [0.25, 0.3) is 0 Å². The van der Waals surface area contributed by atoms with Crippen molar-refractivity contribution >= 4 is 27.5 Å². The minimum absolute atomic E-state index is 0.229. The number of carbonyl (C=O) groups excluding carboxylic acids is 1. The Labute approximate surface area is 116 Å². The smallest absolute Gasteiger partial charge is 0.243 e. The van der Waals surface area contributed by atoms with E-state index < -0.39 is 5.54 Å². The van der Waals surface area contributed by atoms with Crippen LogP contribution in [0.15, 0.2) is 28.7 Å². The zero-order chi connectivity index (χ0) is 13.0. The maximum atomic E-state index is 11.9. The molecule has 2 rings (SSSR count). The molecule has 0 atom stereocenters. The largest absolute Gasteiger partial charge is 0.371 e. The van der Waals surface area contributed by atoms with Crippen molar-refractivity contribution in [2.45, 2.75) is 44.1 Å². The highest BCUT2D eigenvalue weighted by atomic mass is 79.9. The van der Waals surface area contributed by atoms with E-state index in [1.165, 1.54) is 12.8 Å². The Morgan fingerprint density at radius 1 is 1.11 bits per heavy atom. The Bertz CT molecular complexity index is 408. The summed E-state index contributed by atoms with van der Waals surface area (Å²) in [5.41, 5.74) is 6.03. The van der Waals surface area contributed by atoms with Crippen LogP contribution < -0.4 is 11.1 Å². The number of nitrogens with two attached hydrogens (primary N) is 1. The lowest BCUT2D eigenvalue weighted by atomic mass is 9.89. The molecule has 0 aliphatic heterocycles. The molecule has 0 spiro atoms. The number of primary amides is 1. The summed E-state index contributed by atoms with van der Waals surface area (Å²) >= 11 is 3.41. The molecule has 0 aromatic heterocycles. The fourth-order valence-electron chi connectivity index (χ4n) is 2.57. The highest BCUT2D eigenvalue weighted by Crippen LogP contribution is 2.31. The predicted octanol–water partition coefficient (Wildman–Crippen LogP) is 3.44. The van der Waals surface area contributed by atoms with Crippen LogP contribution in [0.5, 0.6) is 0 Å². The minimum Gasteiger partial charge on any atom is -0.371 e. The second-order valence-corrected chi connectivity index (χ2v) is 5.91. The fraction of sp³-hybridized carbons (Fsp3) is 0.500. The van der Waals surface area contributed by atoms with E-state index >= 15 is 0 Å². The van der Waals surface area contributed by atoms with Gasteiger partial charge in [-0.05, 0) is 37.1 Å². The molecular weight excluding hydrogens is 292 g/mol. The Balaban J connectivity index is 2.19. The molecule has 18 heavy (non-hydrogen) atoms. The van der Waals surface area contributed by atoms with Gasteiger partial charge in [-0.25, -0.2) is 0 Å². The van der Waals surface area contributed by atoms with E-state index in [-0.39, 0.29) is 5.91 Å². The van der Waals surface area contributed by atoms with Crippen molar-refractivity contribution < 1.29 is 4.79 Å². The van der Waals surface area contributed by atoms with Crippen molar-refractivity contribution in [2.24, 2.45) is 5.73 Å². The van der Waals surface area contributed by atoms with E-state index in [4.69, 9.17) is 5.73 Å². The summed E-state index contributed by atoms with van der Waals surface area (Å²) < 4.78 is 1.03. The molecule has 1 amide bonds. The fourth-order valence-corrected chi connectivity index (χ4v) is 2.84. The first-order valence-electron chi connectivity index (χ1n) is 6.46. The molecule has 1 fully saturated rings. The molecule has 1 aromatic rings. The summed E-state index contributed by atoms with van der Waals surface area (Å²) in [5, 5.41) is 3.37. The third kappa shape index (κ3) is 3.05. The molecule has 3 nitrogen and oxygen atoms in total. The Hall–Kier alpha value is -1.03. The van der Waals surface area contributed by atoms with Crippen LogP contribution in [0.25, 0.3) is 0 Å². The lowest BCUT2D eigenvalue weighted by Crippen LogP contribution is -2.50. The van der Waals surface area contributed by atoms with Gasteiger partial charge in [-0.3, -0.25) is 4.79 Å². The normalized spacial score (nSPS) is 18.9. The SMILES string of the molecule is NC(=O)C1(Nc2ccc(Br)cc2)CCCCCC1. The summed E-state index contributed by atoms with van der Waals surface area (Å²) in [6.45, 7) is 0. The molecule has 0 heterocycles. The molecule has 98 valence electrons. The van der Waals surface area contributed by atoms with Gasteiger partial charge < -0.3 is 11.1 Å². The first-order chi connectivity index (χ1) is 8.62.